The summed E-state index contributed by atoms with van der Waals surface area (Å²) < 4.78 is 6.19. The highest BCUT2D eigenvalue weighted by Gasteiger charge is 2.37. The number of ether oxygens (including phenoxy) is 1. The number of methoxy groups -OCH3 is 1. The third kappa shape index (κ3) is 3.43. The van der Waals surface area contributed by atoms with Crippen molar-refractivity contribution in [3.8, 4) is 5.75 Å². The van der Waals surface area contributed by atoms with Gasteiger partial charge in [-0.15, -0.1) is 0 Å². The molecule has 0 aromatic heterocycles. The molecule has 3 heteroatoms. The predicted octanol–water partition coefficient (Wildman–Crippen LogP) is 7.65. The fourth-order valence-electron chi connectivity index (χ4n) is 5.64. The average molecular weight is 449 g/mol. The summed E-state index contributed by atoms with van der Waals surface area (Å²) in [4.78, 5) is 4.51. The summed E-state index contributed by atoms with van der Waals surface area (Å²) in [5.74, 6) is 1.00. The van der Waals surface area contributed by atoms with Crippen LogP contribution in [0, 0.1) is 20.8 Å². The molecule has 0 spiro atoms. The summed E-state index contributed by atoms with van der Waals surface area (Å²) in [7, 11) is 5.95. The molecule has 1 aliphatic rings. The number of hydrogen-bond acceptors (Lipinski definition) is 3. The number of para-hydroxylation sites is 2. The zero-order chi connectivity index (χ0) is 24.0. The van der Waals surface area contributed by atoms with E-state index in [-0.39, 0.29) is 5.92 Å². The van der Waals surface area contributed by atoms with Gasteiger partial charge in [-0.25, -0.2) is 0 Å². The molecule has 3 nitrogen and oxygen atoms in total. The Kier molecular flexibility index (Phi) is 5.57. The van der Waals surface area contributed by atoms with Gasteiger partial charge in [-0.05, 0) is 73.4 Å². The summed E-state index contributed by atoms with van der Waals surface area (Å²) in [5.41, 5.74) is 12.4. The van der Waals surface area contributed by atoms with E-state index in [0.717, 1.165) is 22.8 Å². The van der Waals surface area contributed by atoms with Gasteiger partial charge in [0.2, 0.25) is 0 Å². The lowest BCUT2D eigenvalue weighted by atomic mass is 9.76. The topological polar surface area (TPSA) is 15.7 Å². The van der Waals surface area contributed by atoms with E-state index in [2.05, 4.69) is 124 Å². The maximum atomic E-state index is 6.19. The molecule has 1 unspecified atom stereocenters. The zero-order valence-corrected chi connectivity index (χ0v) is 20.9. The van der Waals surface area contributed by atoms with Gasteiger partial charge in [0.05, 0.1) is 24.2 Å². The molecule has 0 aliphatic carbocycles. The molecule has 5 rings (SSSR count). The minimum Gasteiger partial charge on any atom is -0.494 e. The Morgan fingerprint density at radius 2 is 1.38 bits per heavy atom. The first-order valence-corrected chi connectivity index (χ1v) is 11.8. The van der Waals surface area contributed by atoms with E-state index in [0.29, 0.717) is 0 Å². The van der Waals surface area contributed by atoms with E-state index in [1.165, 1.54) is 39.1 Å². The second-order valence-electron chi connectivity index (χ2n) is 9.42. The monoisotopic (exact) mass is 448 g/mol. The van der Waals surface area contributed by atoms with Crippen LogP contribution < -0.4 is 14.5 Å². The van der Waals surface area contributed by atoms with Crippen molar-refractivity contribution < 1.29 is 4.74 Å². The smallest absolute Gasteiger partial charge is 0.148 e. The van der Waals surface area contributed by atoms with Crippen molar-refractivity contribution in [3.05, 3.63) is 112 Å². The summed E-state index contributed by atoms with van der Waals surface area (Å²) >= 11 is 0. The maximum Gasteiger partial charge on any atom is 0.148 e. The van der Waals surface area contributed by atoms with E-state index < -0.39 is 0 Å². The average Bonchev–Trinajstić information content (AvgIpc) is 2.82. The van der Waals surface area contributed by atoms with Crippen LogP contribution in [0.15, 0.2) is 78.9 Å². The maximum absolute atomic E-state index is 6.19. The van der Waals surface area contributed by atoms with Crippen molar-refractivity contribution in [1.29, 1.82) is 0 Å². The summed E-state index contributed by atoms with van der Waals surface area (Å²) in [6.45, 7) is 6.65. The van der Waals surface area contributed by atoms with Crippen molar-refractivity contribution in [1.82, 2.24) is 0 Å². The van der Waals surface area contributed by atoms with Crippen LogP contribution in [0.5, 0.6) is 5.75 Å². The lowest BCUT2D eigenvalue weighted by Gasteiger charge is -2.40. The normalized spacial score (nSPS) is 14.4. The van der Waals surface area contributed by atoms with E-state index in [1.54, 1.807) is 7.11 Å². The highest BCUT2D eigenvalue weighted by Crippen LogP contribution is 2.56. The van der Waals surface area contributed by atoms with Gasteiger partial charge in [0.15, 0.2) is 0 Å². The van der Waals surface area contributed by atoms with Gasteiger partial charge >= 0.3 is 0 Å². The first kappa shape index (κ1) is 22.1. The lowest BCUT2D eigenvalue weighted by molar-refractivity contribution is 0.409. The van der Waals surface area contributed by atoms with Crippen LogP contribution in [-0.4, -0.2) is 21.2 Å². The summed E-state index contributed by atoms with van der Waals surface area (Å²) in [5, 5.41) is 0. The Morgan fingerprint density at radius 3 is 2.03 bits per heavy atom. The highest BCUT2D eigenvalue weighted by atomic mass is 16.5. The molecule has 0 bridgehead atoms. The first-order chi connectivity index (χ1) is 16.4. The molecular weight excluding hydrogens is 416 g/mol. The molecule has 0 saturated carbocycles. The largest absolute Gasteiger partial charge is 0.494 e. The van der Waals surface area contributed by atoms with Crippen molar-refractivity contribution in [2.75, 3.05) is 31.0 Å². The standard InChI is InChI=1S/C31H32N2O/c1-20-18-21(2)28(22(3)19-20)29-24-14-10-11-15-25(24)33(23-12-8-7-9-13-23)26-16-17-27(32(4)5)31(34-6)30(26)29/h7-19,29H,1-6H3. The second-order valence-corrected chi connectivity index (χ2v) is 9.42. The minimum atomic E-state index is 0.0709. The number of anilines is 4. The molecular formula is C31H32N2O. The number of fused-ring (bicyclic) bond motifs is 2. The zero-order valence-electron chi connectivity index (χ0n) is 20.9. The Labute approximate surface area is 203 Å². The van der Waals surface area contributed by atoms with Crippen LogP contribution in [0.2, 0.25) is 0 Å². The first-order valence-electron chi connectivity index (χ1n) is 11.8. The fraction of sp³-hybridized carbons (Fsp3) is 0.226. The molecule has 34 heavy (non-hydrogen) atoms. The van der Waals surface area contributed by atoms with Crippen LogP contribution in [-0.2, 0) is 0 Å². The van der Waals surface area contributed by atoms with E-state index >= 15 is 0 Å². The van der Waals surface area contributed by atoms with E-state index in [4.69, 9.17) is 4.74 Å². The molecule has 1 aliphatic heterocycles. The quantitative estimate of drug-likeness (QED) is 0.281. The second kappa shape index (κ2) is 8.57. The summed E-state index contributed by atoms with van der Waals surface area (Å²) in [6.07, 6.45) is 0. The Bertz CT molecular complexity index is 1330. The van der Waals surface area contributed by atoms with Gasteiger partial charge in [-0.3, -0.25) is 0 Å². The van der Waals surface area contributed by atoms with Crippen LogP contribution >= 0.6 is 0 Å². The molecule has 0 radical (unpaired) electrons. The molecule has 1 atom stereocenters. The van der Waals surface area contributed by atoms with Gasteiger partial charge in [-0.2, -0.15) is 0 Å². The third-order valence-corrected chi connectivity index (χ3v) is 6.90. The van der Waals surface area contributed by atoms with Crippen molar-refractivity contribution in [3.63, 3.8) is 0 Å². The predicted molar refractivity (Wildman–Crippen MR) is 144 cm³/mol. The molecule has 0 N–H and O–H groups in total. The van der Waals surface area contributed by atoms with Crippen LogP contribution in [0.1, 0.15) is 39.3 Å². The van der Waals surface area contributed by atoms with Crippen LogP contribution in [0.4, 0.5) is 22.7 Å². The van der Waals surface area contributed by atoms with Gasteiger partial charge in [-0.1, -0.05) is 54.1 Å². The molecule has 0 fully saturated rings. The molecule has 4 aromatic carbocycles. The fourth-order valence-corrected chi connectivity index (χ4v) is 5.64. The Morgan fingerprint density at radius 1 is 0.735 bits per heavy atom. The number of nitrogens with zero attached hydrogens (tertiary/aromatic N) is 2. The SMILES string of the molecule is COc1c(N(C)C)ccc2c1C(c1c(C)cc(C)cc1C)c1ccccc1N2c1ccccc1. The minimum absolute atomic E-state index is 0.0709. The van der Waals surface area contributed by atoms with Crippen molar-refractivity contribution >= 4 is 22.7 Å². The van der Waals surface area contributed by atoms with Gasteiger partial charge in [0.25, 0.3) is 0 Å². The van der Waals surface area contributed by atoms with E-state index in [9.17, 15) is 0 Å². The molecule has 1 heterocycles. The molecule has 0 saturated heterocycles. The van der Waals surface area contributed by atoms with Gasteiger partial charge < -0.3 is 14.5 Å². The van der Waals surface area contributed by atoms with Crippen molar-refractivity contribution in [2.45, 2.75) is 26.7 Å². The van der Waals surface area contributed by atoms with Crippen LogP contribution in [0.25, 0.3) is 0 Å². The van der Waals surface area contributed by atoms with Crippen molar-refractivity contribution in [2.24, 2.45) is 0 Å². The third-order valence-electron chi connectivity index (χ3n) is 6.90. The number of aryl methyl sites for hydroxylation is 3. The van der Waals surface area contributed by atoms with Gasteiger partial charge in [0.1, 0.15) is 5.75 Å². The summed E-state index contributed by atoms with van der Waals surface area (Å²) in [6, 6.07) is 28.5. The number of hydrogen-bond donors (Lipinski definition) is 0. The van der Waals surface area contributed by atoms with E-state index in [1.807, 2.05) is 0 Å². The van der Waals surface area contributed by atoms with Crippen LogP contribution in [0.3, 0.4) is 0 Å². The molecule has 172 valence electrons. The molecule has 4 aromatic rings. The number of rotatable bonds is 4. The van der Waals surface area contributed by atoms with Gasteiger partial charge in [0, 0.05) is 31.3 Å². The highest BCUT2D eigenvalue weighted by molar-refractivity contribution is 5.89. The molecule has 0 amide bonds. The Balaban J connectivity index is 1.92. The number of benzene rings is 4. The lowest BCUT2D eigenvalue weighted by Crippen LogP contribution is -2.25. The Hall–Kier alpha value is -3.72.